The lowest BCUT2D eigenvalue weighted by molar-refractivity contribution is 1.40. The van der Waals surface area contributed by atoms with E-state index in [4.69, 9.17) is 19.9 Å². The lowest BCUT2D eigenvalue weighted by Crippen LogP contribution is -1.93. The Balaban J connectivity index is 0.969. The molecule has 0 bridgehead atoms. The SMILES string of the molecule is c1cnc2sc(-c3ccc(-c4cc(-c5ccc(-c6nc7cccnc7s6)cc5)c(-c5ccc(-c6nc7cccnc7s6)cc5)cc4-c4ccc(-c5nc6cccnc6s5)cc4)cc3)nc2c1. The maximum Gasteiger partial charge on any atom is 0.143 e. The molecule has 0 saturated heterocycles. The summed E-state index contributed by atoms with van der Waals surface area (Å²) in [5.41, 5.74) is 16.7. The summed E-state index contributed by atoms with van der Waals surface area (Å²) in [4.78, 5) is 41.5. The molecule has 0 aliphatic rings. The highest BCUT2D eigenvalue weighted by atomic mass is 32.1. The Bertz CT molecular complexity index is 3280. The number of nitrogens with zero attached hydrogens (tertiary/aromatic N) is 8. The van der Waals surface area contributed by atoms with Crippen molar-refractivity contribution in [2.45, 2.75) is 0 Å². The molecule has 0 saturated carbocycles. The number of benzene rings is 5. The van der Waals surface area contributed by atoms with Crippen molar-refractivity contribution in [1.82, 2.24) is 39.9 Å². The first-order chi connectivity index (χ1) is 32.6. The smallest absolute Gasteiger partial charge is 0.143 e. The molecule has 0 aliphatic heterocycles. The van der Waals surface area contributed by atoms with Gasteiger partial charge in [-0.15, -0.1) is 0 Å². The third-order valence-corrected chi connectivity index (χ3v) is 15.7. The molecule has 0 radical (unpaired) electrons. The van der Waals surface area contributed by atoms with Crippen molar-refractivity contribution in [1.29, 1.82) is 0 Å². The van der Waals surface area contributed by atoms with Crippen LogP contribution in [0.15, 0.2) is 183 Å². The fraction of sp³-hybridized carbons (Fsp3) is 0. The highest BCUT2D eigenvalue weighted by molar-refractivity contribution is 7.22. The number of pyridine rings is 4. The average Bonchev–Trinajstić information content (AvgIpc) is 4.21. The zero-order valence-corrected chi connectivity index (χ0v) is 37.8. The molecule has 0 unspecified atom stereocenters. The van der Waals surface area contributed by atoms with Crippen LogP contribution in [-0.2, 0) is 0 Å². The van der Waals surface area contributed by atoms with Gasteiger partial charge in [0, 0.05) is 47.0 Å². The van der Waals surface area contributed by atoms with Crippen molar-refractivity contribution >= 4 is 86.7 Å². The molecule has 0 N–H and O–H groups in total. The molecule has 0 amide bonds. The van der Waals surface area contributed by atoms with E-state index in [9.17, 15) is 0 Å². The van der Waals surface area contributed by atoms with Crippen LogP contribution in [0.1, 0.15) is 0 Å². The Kier molecular flexibility index (Phi) is 9.41. The molecule has 8 nitrogen and oxygen atoms in total. The van der Waals surface area contributed by atoms with Crippen LogP contribution in [0.4, 0.5) is 0 Å². The number of hydrogen-bond donors (Lipinski definition) is 0. The van der Waals surface area contributed by atoms with Crippen LogP contribution in [-0.4, -0.2) is 39.9 Å². The first kappa shape index (κ1) is 38.7. The van der Waals surface area contributed by atoms with Gasteiger partial charge in [0.05, 0.1) is 0 Å². The largest absolute Gasteiger partial charge is 0.244 e. The molecule has 13 rings (SSSR count). The Morgan fingerprint density at radius 1 is 0.242 bits per heavy atom. The quantitative estimate of drug-likeness (QED) is 0.148. The van der Waals surface area contributed by atoms with Crippen LogP contribution < -0.4 is 0 Å². The Morgan fingerprint density at radius 3 is 0.667 bits per heavy atom. The molecule has 66 heavy (non-hydrogen) atoms. The van der Waals surface area contributed by atoms with E-state index in [-0.39, 0.29) is 0 Å². The van der Waals surface area contributed by atoms with Gasteiger partial charge in [0.2, 0.25) is 0 Å². The van der Waals surface area contributed by atoms with E-state index in [1.165, 1.54) is 0 Å². The molecular formula is C54H30N8S4. The van der Waals surface area contributed by atoms with Gasteiger partial charge in [-0.25, -0.2) is 39.9 Å². The first-order valence-corrected chi connectivity index (χ1v) is 24.4. The lowest BCUT2D eigenvalue weighted by atomic mass is 9.85. The van der Waals surface area contributed by atoms with Crippen LogP contribution >= 0.6 is 45.3 Å². The van der Waals surface area contributed by atoms with Gasteiger partial charge < -0.3 is 0 Å². The van der Waals surface area contributed by atoms with E-state index in [0.717, 1.165) is 128 Å². The van der Waals surface area contributed by atoms with Gasteiger partial charge in [0.15, 0.2) is 0 Å². The molecule has 0 spiro atoms. The summed E-state index contributed by atoms with van der Waals surface area (Å²) in [6.07, 6.45) is 7.28. The van der Waals surface area contributed by atoms with E-state index < -0.39 is 0 Å². The normalized spacial score (nSPS) is 11.6. The van der Waals surface area contributed by atoms with E-state index in [1.807, 2.05) is 73.3 Å². The highest BCUT2D eigenvalue weighted by Crippen LogP contribution is 2.45. The van der Waals surface area contributed by atoms with Crippen LogP contribution in [0.25, 0.3) is 128 Å². The minimum absolute atomic E-state index is 0.908. The van der Waals surface area contributed by atoms with Crippen molar-refractivity contribution in [2.24, 2.45) is 0 Å². The van der Waals surface area contributed by atoms with E-state index >= 15 is 0 Å². The van der Waals surface area contributed by atoms with Crippen molar-refractivity contribution in [2.75, 3.05) is 0 Å². The number of fused-ring (bicyclic) bond motifs is 4. The Hall–Kier alpha value is -7.74. The topological polar surface area (TPSA) is 103 Å². The molecule has 12 heteroatoms. The second kappa shape index (κ2) is 16.1. The van der Waals surface area contributed by atoms with Crippen LogP contribution in [0.5, 0.6) is 0 Å². The van der Waals surface area contributed by atoms with E-state index in [2.05, 4.69) is 129 Å². The third-order valence-electron chi connectivity index (χ3n) is 11.6. The minimum atomic E-state index is 0.908. The number of aromatic nitrogens is 8. The van der Waals surface area contributed by atoms with Crippen molar-refractivity contribution in [3.8, 4) is 86.8 Å². The second-order valence-electron chi connectivity index (χ2n) is 15.6. The molecule has 5 aromatic carbocycles. The summed E-state index contributed by atoms with van der Waals surface area (Å²) in [6, 6.07) is 55.6. The molecule has 0 aliphatic carbocycles. The summed E-state index contributed by atoms with van der Waals surface area (Å²) in [7, 11) is 0. The fourth-order valence-electron chi connectivity index (χ4n) is 8.30. The second-order valence-corrected chi connectivity index (χ2v) is 19.5. The van der Waals surface area contributed by atoms with Gasteiger partial charge >= 0.3 is 0 Å². The predicted octanol–water partition coefficient (Wildman–Crippen LogP) is 15.0. The molecular weight excluding hydrogens is 889 g/mol. The zero-order valence-electron chi connectivity index (χ0n) is 34.5. The minimum Gasteiger partial charge on any atom is -0.244 e. The fourth-order valence-corrected chi connectivity index (χ4v) is 11.9. The van der Waals surface area contributed by atoms with Crippen LogP contribution in [0, 0.1) is 0 Å². The highest BCUT2D eigenvalue weighted by Gasteiger charge is 2.19. The summed E-state index contributed by atoms with van der Waals surface area (Å²) in [6.45, 7) is 0. The van der Waals surface area contributed by atoms with Crippen molar-refractivity contribution < 1.29 is 0 Å². The number of thiazole rings is 4. The van der Waals surface area contributed by atoms with Gasteiger partial charge in [-0.3, -0.25) is 0 Å². The van der Waals surface area contributed by atoms with Gasteiger partial charge in [0.1, 0.15) is 61.4 Å². The van der Waals surface area contributed by atoms with Crippen molar-refractivity contribution in [3.63, 3.8) is 0 Å². The maximum atomic E-state index is 4.91. The molecule has 310 valence electrons. The van der Waals surface area contributed by atoms with Crippen LogP contribution in [0.3, 0.4) is 0 Å². The summed E-state index contributed by atoms with van der Waals surface area (Å²) in [5, 5.41) is 3.78. The maximum absolute atomic E-state index is 4.91. The Morgan fingerprint density at radius 2 is 0.455 bits per heavy atom. The number of rotatable bonds is 8. The molecule has 13 aromatic rings. The van der Waals surface area contributed by atoms with Gasteiger partial charge in [-0.1, -0.05) is 142 Å². The molecule has 8 heterocycles. The predicted molar refractivity (Wildman–Crippen MR) is 274 cm³/mol. The molecule has 0 fully saturated rings. The summed E-state index contributed by atoms with van der Waals surface area (Å²) >= 11 is 6.44. The first-order valence-electron chi connectivity index (χ1n) is 21.1. The molecule has 8 aromatic heterocycles. The van der Waals surface area contributed by atoms with E-state index in [1.54, 1.807) is 45.3 Å². The lowest BCUT2D eigenvalue weighted by Gasteiger charge is -2.19. The van der Waals surface area contributed by atoms with Gasteiger partial charge in [0.25, 0.3) is 0 Å². The standard InChI is InChI=1S/C54H30N8S4/c1-5-43-51(55-25-1)63-47(59-43)35-17-9-31(10-18-35)39-29-41(33-13-21-37(22-14-33)49-61-45-7-3-27-57-53(45)65-49)42(34-15-23-38(24-16-34)50-62-46-8-4-28-58-54(46)66-50)30-40(39)32-11-19-36(20-12-32)48-60-44-6-2-26-56-52(44)64-48/h1-30H. The summed E-state index contributed by atoms with van der Waals surface area (Å²) < 4.78 is 0. The van der Waals surface area contributed by atoms with Gasteiger partial charge in [-0.2, -0.15) is 0 Å². The van der Waals surface area contributed by atoms with Crippen LogP contribution in [0.2, 0.25) is 0 Å². The summed E-state index contributed by atoms with van der Waals surface area (Å²) in [5.74, 6) is 0. The van der Waals surface area contributed by atoms with E-state index in [0.29, 0.717) is 0 Å². The zero-order chi connectivity index (χ0) is 43.6. The number of hydrogen-bond acceptors (Lipinski definition) is 12. The third kappa shape index (κ3) is 7.04. The van der Waals surface area contributed by atoms with Gasteiger partial charge in [-0.05, 0) is 105 Å². The average molecular weight is 919 g/mol. The molecule has 0 atom stereocenters. The van der Waals surface area contributed by atoms with Crippen molar-refractivity contribution in [3.05, 3.63) is 183 Å². The monoisotopic (exact) mass is 918 g/mol. The Labute approximate surface area is 393 Å².